The van der Waals surface area contributed by atoms with Crippen LogP contribution in [0.3, 0.4) is 0 Å². The van der Waals surface area contributed by atoms with E-state index in [-0.39, 0.29) is 6.61 Å². The smallest absolute Gasteiger partial charge is 0.330 e. The van der Waals surface area contributed by atoms with Crippen molar-refractivity contribution in [1.82, 2.24) is 0 Å². The molecule has 0 aliphatic rings. The molecule has 0 radical (unpaired) electrons. The number of ether oxygens (including phenoxy) is 1. The number of aliphatic carboxylic acids is 1. The van der Waals surface area contributed by atoms with Gasteiger partial charge in [0.1, 0.15) is 0 Å². The third kappa shape index (κ3) is 5.32. The van der Waals surface area contributed by atoms with E-state index in [9.17, 15) is 9.90 Å². The third-order valence-electron chi connectivity index (χ3n) is 3.34. The van der Waals surface area contributed by atoms with Gasteiger partial charge >= 0.3 is 5.97 Å². The summed E-state index contributed by atoms with van der Waals surface area (Å²) >= 11 is 0. The highest BCUT2D eigenvalue weighted by molar-refractivity contribution is 6.13. The topological polar surface area (TPSA) is 58.9 Å². The fraction of sp³-hybridized carbons (Fsp3) is 0.300. The molecule has 2 rings (SSSR count). The Kier molecular flexibility index (Phi) is 5.88. The van der Waals surface area contributed by atoms with Crippen molar-refractivity contribution in [3.8, 4) is 0 Å². The second-order valence-corrected chi connectivity index (χ2v) is 6.49. The molecule has 1 atom stereocenters. The molecule has 4 nitrogen and oxygen atoms in total. The second-order valence-electron chi connectivity index (χ2n) is 6.49. The number of nitrogens with zero attached hydrogens (tertiary/aromatic N) is 1. The highest BCUT2D eigenvalue weighted by atomic mass is 16.5. The van der Waals surface area contributed by atoms with Crippen LogP contribution in [-0.2, 0) is 9.53 Å². The maximum absolute atomic E-state index is 11.6. The Balaban J connectivity index is 2.40. The van der Waals surface area contributed by atoms with Gasteiger partial charge in [0, 0.05) is 11.1 Å². The number of rotatable bonds is 6. The Morgan fingerprint density at radius 2 is 1.46 bits per heavy atom. The van der Waals surface area contributed by atoms with Crippen LogP contribution in [0.2, 0.25) is 0 Å². The van der Waals surface area contributed by atoms with E-state index in [1.807, 2.05) is 81.4 Å². The van der Waals surface area contributed by atoms with Gasteiger partial charge in [-0.05, 0) is 20.8 Å². The summed E-state index contributed by atoms with van der Waals surface area (Å²) in [5.74, 6) is -0.997. The molecule has 1 unspecified atom stereocenters. The van der Waals surface area contributed by atoms with Gasteiger partial charge in [-0.15, -0.1) is 0 Å². The van der Waals surface area contributed by atoms with E-state index < -0.39 is 17.6 Å². The number of aliphatic imine (C=N–C) groups is 1. The summed E-state index contributed by atoms with van der Waals surface area (Å²) < 4.78 is 5.64. The summed E-state index contributed by atoms with van der Waals surface area (Å²) in [7, 11) is 0. The molecule has 2 aromatic rings. The molecule has 0 heterocycles. The molecule has 0 aliphatic carbocycles. The molecule has 0 saturated carbocycles. The molecule has 4 heteroatoms. The van der Waals surface area contributed by atoms with Gasteiger partial charge in [0.25, 0.3) is 0 Å². The fourth-order valence-electron chi connectivity index (χ4n) is 2.16. The zero-order chi connectivity index (χ0) is 17.6. The third-order valence-corrected chi connectivity index (χ3v) is 3.34. The normalized spacial score (nSPS) is 12.5. The van der Waals surface area contributed by atoms with Crippen LogP contribution >= 0.6 is 0 Å². The van der Waals surface area contributed by atoms with Gasteiger partial charge in [0.05, 0.1) is 17.9 Å². The number of carbonyl (C=O) groups is 1. The monoisotopic (exact) mass is 325 g/mol. The molecule has 1 N–H and O–H groups in total. The zero-order valence-corrected chi connectivity index (χ0v) is 14.3. The lowest BCUT2D eigenvalue weighted by atomic mass is 10.0. The lowest BCUT2D eigenvalue weighted by Gasteiger charge is -2.21. The Morgan fingerprint density at radius 3 is 1.83 bits per heavy atom. The summed E-state index contributed by atoms with van der Waals surface area (Å²) in [6, 6.07) is 18.2. The maximum atomic E-state index is 11.6. The van der Waals surface area contributed by atoms with E-state index in [0.29, 0.717) is 5.71 Å². The van der Waals surface area contributed by atoms with Crippen LogP contribution in [0.1, 0.15) is 31.9 Å². The van der Waals surface area contributed by atoms with Crippen LogP contribution in [0.5, 0.6) is 0 Å². The average molecular weight is 325 g/mol. The van der Waals surface area contributed by atoms with E-state index in [2.05, 4.69) is 4.99 Å². The first-order valence-corrected chi connectivity index (χ1v) is 7.92. The van der Waals surface area contributed by atoms with Crippen molar-refractivity contribution in [3.63, 3.8) is 0 Å². The average Bonchev–Trinajstić information content (AvgIpc) is 2.55. The minimum Gasteiger partial charge on any atom is -0.480 e. The van der Waals surface area contributed by atoms with Crippen molar-refractivity contribution in [2.45, 2.75) is 32.4 Å². The van der Waals surface area contributed by atoms with E-state index in [0.717, 1.165) is 11.1 Å². The van der Waals surface area contributed by atoms with Gasteiger partial charge in [0.15, 0.2) is 6.04 Å². The molecule has 0 aromatic heterocycles. The predicted octanol–water partition coefficient (Wildman–Crippen LogP) is 3.79. The van der Waals surface area contributed by atoms with Gasteiger partial charge in [-0.3, -0.25) is 4.99 Å². The summed E-state index contributed by atoms with van der Waals surface area (Å²) in [6.07, 6.45) is 0. The van der Waals surface area contributed by atoms with Crippen molar-refractivity contribution in [1.29, 1.82) is 0 Å². The first-order valence-electron chi connectivity index (χ1n) is 7.92. The number of benzene rings is 2. The lowest BCUT2D eigenvalue weighted by molar-refractivity contribution is -0.141. The number of hydrogen-bond donors (Lipinski definition) is 1. The standard InChI is InChI=1S/C20H23NO3/c1-20(2,3)24-14-17(19(22)23)21-18(15-10-6-4-7-11-15)16-12-8-5-9-13-16/h4-13,17H,14H2,1-3H3,(H,22,23). The van der Waals surface area contributed by atoms with Crippen molar-refractivity contribution in [3.05, 3.63) is 71.8 Å². The number of carboxylic acid groups (broad SMARTS) is 1. The van der Waals surface area contributed by atoms with Crippen molar-refractivity contribution < 1.29 is 14.6 Å². The van der Waals surface area contributed by atoms with Crippen molar-refractivity contribution in [2.75, 3.05) is 6.61 Å². The summed E-state index contributed by atoms with van der Waals surface area (Å²) in [4.78, 5) is 16.1. The molecule has 0 amide bonds. The van der Waals surface area contributed by atoms with Crippen LogP contribution in [0.4, 0.5) is 0 Å². The van der Waals surface area contributed by atoms with Gasteiger partial charge in [-0.25, -0.2) is 4.79 Å². The molecule has 0 fully saturated rings. The molecular weight excluding hydrogens is 302 g/mol. The summed E-state index contributed by atoms with van der Waals surface area (Å²) in [6.45, 7) is 5.71. The Bertz CT molecular complexity index is 646. The maximum Gasteiger partial charge on any atom is 0.330 e. The second kappa shape index (κ2) is 7.88. The lowest BCUT2D eigenvalue weighted by Crippen LogP contribution is -2.31. The van der Waals surface area contributed by atoms with E-state index in [1.54, 1.807) is 0 Å². The Hall–Kier alpha value is -2.46. The number of hydrogen-bond acceptors (Lipinski definition) is 3. The molecule has 0 bridgehead atoms. The van der Waals surface area contributed by atoms with Crippen molar-refractivity contribution >= 4 is 11.7 Å². The fourth-order valence-corrected chi connectivity index (χ4v) is 2.16. The van der Waals surface area contributed by atoms with E-state index in [4.69, 9.17) is 4.74 Å². The molecular formula is C20H23NO3. The molecule has 126 valence electrons. The van der Waals surface area contributed by atoms with Crippen molar-refractivity contribution in [2.24, 2.45) is 4.99 Å². The van der Waals surface area contributed by atoms with Gasteiger partial charge in [-0.2, -0.15) is 0 Å². The first-order chi connectivity index (χ1) is 11.4. The molecule has 0 saturated heterocycles. The van der Waals surface area contributed by atoms with Gasteiger partial charge in [-0.1, -0.05) is 60.7 Å². The minimum atomic E-state index is -0.997. The number of carboxylic acids is 1. The highest BCUT2D eigenvalue weighted by Gasteiger charge is 2.22. The summed E-state index contributed by atoms with van der Waals surface area (Å²) in [5.41, 5.74) is 2.00. The van der Waals surface area contributed by atoms with Crippen LogP contribution in [0.15, 0.2) is 65.7 Å². The highest BCUT2D eigenvalue weighted by Crippen LogP contribution is 2.14. The van der Waals surface area contributed by atoms with Crippen LogP contribution in [0, 0.1) is 0 Å². The summed E-state index contributed by atoms with van der Waals surface area (Å²) in [5, 5.41) is 9.53. The minimum absolute atomic E-state index is 0.0298. The first kappa shape index (κ1) is 17.9. The largest absolute Gasteiger partial charge is 0.480 e. The van der Waals surface area contributed by atoms with Crippen LogP contribution in [0.25, 0.3) is 0 Å². The SMILES string of the molecule is CC(C)(C)OCC(N=C(c1ccccc1)c1ccccc1)C(=O)O. The van der Waals surface area contributed by atoms with Gasteiger partial charge < -0.3 is 9.84 Å². The molecule has 24 heavy (non-hydrogen) atoms. The Labute approximate surface area is 142 Å². The molecule has 0 spiro atoms. The van der Waals surface area contributed by atoms with E-state index in [1.165, 1.54) is 0 Å². The van der Waals surface area contributed by atoms with Crippen LogP contribution in [-0.4, -0.2) is 35.0 Å². The van der Waals surface area contributed by atoms with Gasteiger partial charge in [0.2, 0.25) is 0 Å². The van der Waals surface area contributed by atoms with Crippen LogP contribution < -0.4 is 0 Å². The molecule has 2 aromatic carbocycles. The molecule has 0 aliphatic heterocycles. The van der Waals surface area contributed by atoms with E-state index >= 15 is 0 Å². The predicted molar refractivity (Wildman–Crippen MR) is 95.7 cm³/mol. The zero-order valence-electron chi connectivity index (χ0n) is 14.3. The Morgan fingerprint density at radius 1 is 1.00 bits per heavy atom. The quantitative estimate of drug-likeness (QED) is 0.822.